The van der Waals surface area contributed by atoms with Crippen LogP contribution in [0.15, 0.2) is 194 Å². The summed E-state index contributed by atoms with van der Waals surface area (Å²) in [6.07, 6.45) is 1.97. The third-order valence-electron chi connectivity index (χ3n) is 6.58. The molecule has 46 heavy (non-hydrogen) atoms. The van der Waals surface area contributed by atoms with E-state index in [0.717, 1.165) is 5.57 Å². The van der Waals surface area contributed by atoms with Gasteiger partial charge >= 0.3 is 11.3 Å². The molecule has 0 aliphatic carbocycles. The molecule has 0 aliphatic heterocycles. The van der Waals surface area contributed by atoms with Crippen molar-refractivity contribution >= 4 is 47.7 Å². The van der Waals surface area contributed by atoms with Gasteiger partial charge in [0.15, 0.2) is 0 Å². The summed E-state index contributed by atoms with van der Waals surface area (Å²) in [5, 5.41) is 8.39. The van der Waals surface area contributed by atoms with E-state index in [1.54, 1.807) is 0 Å². The summed E-state index contributed by atoms with van der Waals surface area (Å²) in [4.78, 5) is 0. The van der Waals surface area contributed by atoms with Gasteiger partial charge in [-0.25, -0.2) is 0 Å². The molecular formula is C42H39IrOP2. The van der Waals surface area contributed by atoms with Gasteiger partial charge in [0, 0.05) is 20.1 Å². The average Bonchev–Trinajstić information content (AvgIpc) is 3.13. The molecular weight excluding hydrogens is 775 g/mol. The first-order valence-corrected chi connectivity index (χ1v) is 17.4. The number of allylic oxidation sites excluding steroid dienone is 1. The molecule has 6 rings (SSSR count). The first kappa shape index (κ1) is 38.5. The van der Waals surface area contributed by atoms with Gasteiger partial charge < -0.3 is 0 Å². The summed E-state index contributed by atoms with van der Waals surface area (Å²) in [7, 11) is -0.892. The fraction of sp³-hybridized carbons (Fsp3) is 0.0476. The summed E-state index contributed by atoms with van der Waals surface area (Å²) >= 11 is 0. The van der Waals surface area contributed by atoms with Crippen LogP contribution in [-0.2, 0) is 24.8 Å². The van der Waals surface area contributed by atoms with Crippen LogP contribution in [0.3, 0.4) is 0 Å². The smallest absolute Gasteiger partial charge is 0 e. The molecule has 0 aliphatic rings. The number of hydrogen-bond donors (Lipinski definition) is 0. The predicted octanol–water partition coefficient (Wildman–Crippen LogP) is 8.64. The van der Waals surface area contributed by atoms with Crippen molar-refractivity contribution < 1.29 is 24.8 Å². The minimum absolute atomic E-state index is 0. The zero-order chi connectivity index (χ0) is 32.1. The molecule has 2 radical (unpaired) electrons. The van der Waals surface area contributed by atoms with E-state index in [9.17, 15) is 0 Å². The Bertz CT molecular complexity index is 1340. The van der Waals surface area contributed by atoms with Gasteiger partial charge in [-0.1, -0.05) is 201 Å². The Morgan fingerprint density at radius 1 is 0.435 bits per heavy atom. The summed E-state index contributed by atoms with van der Waals surface area (Å²) in [5.74, 6) is 0. The van der Waals surface area contributed by atoms with Gasteiger partial charge in [0.25, 0.3) is 0 Å². The van der Waals surface area contributed by atoms with Gasteiger partial charge in [-0.05, 0) is 61.0 Å². The summed E-state index contributed by atoms with van der Waals surface area (Å²) in [5.41, 5.74) is 1.13. The summed E-state index contributed by atoms with van der Waals surface area (Å²) < 4.78 is 7.50. The maximum Gasteiger partial charge on any atom is 0 e. The van der Waals surface area contributed by atoms with Gasteiger partial charge in [-0.3, -0.25) is 0 Å². The van der Waals surface area contributed by atoms with E-state index in [1.165, 1.54) is 31.8 Å². The zero-order valence-corrected chi connectivity index (χ0v) is 30.4. The fourth-order valence-electron chi connectivity index (χ4n) is 4.36. The second kappa shape index (κ2) is 22.8. The van der Waals surface area contributed by atoms with Gasteiger partial charge in [0.2, 0.25) is 0 Å². The zero-order valence-electron chi connectivity index (χ0n) is 26.2. The Kier molecular flexibility index (Phi) is 19.0. The molecule has 4 heteroatoms. The van der Waals surface area contributed by atoms with E-state index in [1.807, 2.05) is 20.3 Å². The Hall–Kier alpha value is -3.69. The van der Waals surface area contributed by atoms with E-state index in [-0.39, 0.29) is 20.1 Å². The largest absolute Gasteiger partial charge is 0.0622 e. The molecule has 0 amide bonds. The standard InChI is InChI=1S/2C18H15P.C5H9.CO.Ir/c2*1-4-10-16(11-5-1)19(17-12-6-2-7-13-17)18-14-8-3-9-15-18;1-4-5(2)3;1-2;/h2*1-15H;4H,2H2,1,3H3;;. The maximum atomic E-state index is 7.50. The van der Waals surface area contributed by atoms with Crippen LogP contribution in [0.4, 0.5) is 0 Å². The molecule has 0 N–H and O–H groups in total. The first-order chi connectivity index (χ1) is 22.2. The van der Waals surface area contributed by atoms with E-state index < -0.39 is 15.8 Å². The van der Waals surface area contributed by atoms with Crippen LogP contribution in [0.25, 0.3) is 0 Å². The Labute approximate surface area is 292 Å². The van der Waals surface area contributed by atoms with Crippen molar-refractivity contribution in [2.24, 2.45) is 0 Å². The number of hydrogen-bond acceptors (Lipinski definition) is 0. The summed E-state index contributed by atoms with van der Waals surface area (Å²) in [6.45, 7) is 12.1. The third kappa shape index (κ3) is 12.6. The van der Waals surface area contributed by atoms with Gasteiger partial charge in [0.05, 0.1) is 0 Å². The molecule has 0 heterocycles. The van der Waals surface area contributed by atoms with Crippen molar-refractivity contribution in [3.05, 3.63) is 207 Å². The van der Waals surface area contributed by atoms with Crippen LogP contribution in [0.2, 0.25) is 0 Å². The quantitative estimate of drug-likeness (QED) is 0.0875. The van der Waals surface area contributed by atoms with Crippen LogP contribution in [0.5, 0.6) is 0 Å². The normalized spacial score (nSPS) is 9.61. The monoisotopic (exact) mass is 814 g/mol. The van der Waals surface area contributed by atoms with Crippen LogP contribution in [0.1, 0.15) is 13.8 Å². The molecule has 0 aromatic heterocycles. The summed E-state index contributed by atoms with van der Waals surface area (Å²) in [6, 6.07) is 64.7. The van der Waals surface area contributed by atoms with Crippen LogP contribution in [-0.4, -0.2) is 0 Å². The van der Waals surface area contributed by atoms with Gasteiger partial charge in [-0.2, -0.15) is 0 Å². The Balaban J connectivity index is 0.000000263. The number of rotatable bonds is 7. The van der Waals surface area contributed by atoms with E-state index in [0.29, 0.717) is 0 Å². The third-order valence-corrected chi connectivity index (χ3v) is 11.5. The second-order valence-corrected chi connectivity index (χ2v) is 14.3. The fourth-order valence-corrected chi connectivity index (χ4v) is 8.97. The predicted molar refractivity (Wildman–Crippen MR) is 199 cm³/mol. The van der Waals surface area contributed by atoms with Crippen LogP contribution >= 0.6 is 15.8 Å². The maximum absolute atomic E-state index is 7.50. The van der Waals surface area contributed by atoms with Crippen molar-refractivity contribution in [3.63, 3.8) is 0 Å². The molecule has 0 saturated carbocycles. The topological polar surface area (TPSA) is 19.9 Å². The minimum atomic E-state index is -0.446. The molecule has 6 aromatic carbocycles. The van der Waals surface area contributed by atoms with Crippen molar-refractivity contribution in [1.82, 2.24) is 0 Å². The first-order valence-electron chi connectivity index (χ1n) is 14.7. The van der Waals surface area contributed by atoms with Crippen molar-refractivity contribution in [3.8, 4) is 0 Å². The SMILES string of the molecule is C=C(C)[CH]C.[C-]#[O+].[Ir].c1ccc(P(c2ccccc2)c2ccccc2)cc1.c1ccc(P(c2ccccc2)c2ccccc2)cc1. The van der Waals surface area contributed by atoms with Crippen molar-refractivity contribution in [2.75, 3.05) is 0 Å². The molecule has 0 unspecified atom stereocenters. The molecule has 1 nitrogen and oxygen atoms in total. The van der Waals surface area contributed by atoms with Crippen LogP contribution < -0.4 is 31.8 Å². The molecule has 0 spiro atoms. The van der Waals surface area contributed by atoms with Crippen LogP contribution in [0, 0.1) is 13.1 Å². The molecule has 232 valence electrons. The molecule has 0 atom stereocenters. The number of benzene rings is 6. The molecule has 0 fully saturated rings. The van der Waals surface area contributed by atoms with E-state index in [4.69, 9.17) is 4.65 Å². The average molecular weight is 814 g/mol. The molecule has 6 aromatic rings. The Morgan fingerprint density at radius 2 is 0.565 bits per heavy atom. The van der Waals surface area contributed by atoms with Gasteiger partial charge in [0.1, 0.15) is 0 Å². The van der Waals surface area contributed by atoms with E-state index in [2.05, 4.69) is 195 Å². The molecule has 0 bridgehead atoms. The Morgan fingerprint density at radius 3 is 0.674 bits per heavy atom. The van der Waals surface area contributed by atoms with E-state index >= 15 is 0 Å². The van der Waals surface area contributed by atoms with Crippen molar-refractivity contribution in [1.29, 1.82) is 0 Å². The van der Waals surface area contributed by atoms with Gasteiger partial charge in [-0.15, -0.1) is 0 Å². The minimum Gasteiger partial charge on any atom is -0.0622 e. The van der Waals surface area contributed by atoms with Crippen molar-refractivity contribution in [2.45, 2.75) is 13.8 Å². The second-order valence-electron chi connectivity index (χ2n) is 9.82. The molecule has 0 saturated heterocycles.